The number of fused-ring (bicyclic) bond motifs is 1. The van der Waals surface area contributed by atoms with Crippen molar-refractivity contribution >= 4 is 69.3 Å². The van der Waals surface area contributed by atoms with E-state index in [0.717, 1.165) is 4.90 Å². The maximum atomic E-state index is 14.3. The van der Waals surface area contributed by atoms with Gasteiger partial charge in [-0.25, -0.2) is 4.57 Å². The summed E-state index contributed by atoms with van der Waals surface area (Å²) in [5.74, 6) is -10.5. The molecule has 5 aliphatic heterocycles. The number of likely N-dealkylation sites (N-methyl/N-ethyl adjacent to an activating group) is 1. The zero-order valence-electron chi connectivity index (χ0n) is 56.7. The number of hydrogen-bond acceptors (Lipinski definition) is 25. The second-order valence-corrected chi connectivity index (χ2v) is 28.9. The number of ketones is 1. The van der Waals surface area contributed by atoms with Gasteiger partial charge in [0.25, 0.3) is 16.0 Å². The highest BCUT2D eigenvalue weighted by Crippen LogP contribution is 2.43. The topological polar surface area (TPSA) is 417 Å². The van der Waals surface area contributed by atoms with Crippen molar-refractivity contribution in [2.24, 2.45) is 29.4 Å². The average Bonchev–Trinajstić information content (AvgIpc) is 0.732. The number of benzene rings is 1. The van der Waals surface area contributed by atoms with E-state index < -0.39 is 182 Å². The first-order valence-corrected chi connectivity index (χ1v) is 34.5. The molecule has 0 saturated carbocycles. The molecule has 536 valence electrons. The number of ether oxygens (including phenoxy) is 8. The molecule has 31 heteroatoms. The van der Waals surface area contributed by atoms with Gasteiger partial charge in [0.15, 0.2) is 42.9 Å². The number of Topliss-reactive ketones (excluding diaryl/α,β-unsaturated/α-hetero) is 1. The molecule has 1 aromatic carbocycles. The predicted octanol–water partition coefficient (Wildman–Crippen LogP) is 0.786. The van der Waals surface area contributed by atoms with Crippen LogP contribution in [0.4, 0.5) is 0 Å². The number of thioether (sulfide) groups is 1. The molecule has 0 spiro atoms. The number of nitrogens with zero attached hydrogens (tertiary/aromatic N) is 3. The van der Waals surface area contributed by atoms with Gasteiger partial charge in [-0.2, -0.15) is 8.42 Å². The van der Waals surface area contributed by atoms with Crippen molar-refractivity contribution < 1.29 is 119 Å². The molecule has 21 atom stereocenters. The van der Waals surface area contributed by atoms with Gasteiger partial charge in [0.05, 0.1) is 90.4 Å². The summed E-state index contributed by atoms with van der Waals surface area (Å²) in [7, 11) is 0.236. The van der Waals surface area contributed by atoms with E-state index in [1.54, 1.807) is 59.1 Å². The summed E-state index contributed by atoms with van der Waals surface area (Å²) in [5.41, 5.74) is 0.475. The largest absolute Gasteiger partial charge is 0.543 e. The fourth-order valence-electron chi connectivity index (χ4n) is 13.2. The maximum absolute atomic E-state index is 14.3. The fourth-order valence-corrected chi connectivity index (χ4v) is 15.4. The van der Waals surface area contributed by atoms with Crippen molar-refractivity contribution in [3.63, 3.8) is 0 Å². The van der Waals surface area contributed by atoms with Gasteiger partial charge < -0.3 is 84.2 Å². The Bertz CT molecular complexity index is 3250. The molecule has 0 bridgehead atoms. The van der Waals surface area contributed by atoms with Crippen LogP contribution in [0.2, 0.25) is 0 Å². The molecule has 1 aromatic heterocycles. The Morgan fingerprint density at radius 3 is 2.07 bits per heavy atom. The Morgan fingerprint density at radius 2 is 1.51 bits per heavy atom. The minimum Gasteiger partial charge on any atom is -0.543 e. The summed E-state index contributed by atoms with van der Waals surface area (Å²) in [6.45, 7) is 18.0. The number of pyridine rings is 1. The van der Waals surface area contributed by atoms with Gasteiger partial charge in [0, 0.05) is 54.7 Å². The second kappa shape index (κ2) is 32.7. The number of aliphatic hydroxyl groups is 4. The van der Waals surface area contributed by atoms with Crippen LogP contribution in [0.15, 0.2) is 66.1 Å². The van der Waals surface area contributed by atoms with E-state index in [-0.39, 0.29) is 67.8 Å². The number of aliphatic hydroxyl groups excluding tert-OH is 2. The van der Waals surface area contributed by atoms with E-state index in [1.807, 2.05) is 25.9 Å². The number of carbonyl (C=O) groups is 8. The maximum Gasteiger partial charge on any atom is 0.311 e. The highest BCUT2D eigenvalue weighted by Gasteiger charge is 2.56. The number of esters is 3. The van der Waals surface area contributed by atoms with Gasteiger partial charge in [-0.1, -0.05) is 58.0 Å². The number of amides is 3. The van der Waals surface area contributed by atoms with Crippen molar-refractivity contribution in [2.75, 3.05) is 33.6 Å². The first kappa shape index (κ1) is 78.9. The molecule has 0 radical (unpaired) electrons. The third kappa shape index (κ3) is 18.4. The highest BCUT2D eigenvalue weighted by atomic mass is 32.2. The molecule has 0 aliphatic carbocycles. The first-order chi connectivity index (χ1) is 44.7. The van der Waals surface area contributed by atoms with E-state index in [1.165, 1.54) is 88.4 Å². The standard InChI is InChI=1S/C43H75NO16.C22H20N4O8S2/c1-15-29-43(11,52)36(48)24(5)33(47)22(3)20-41(9,51)38(25(6)34(26(7)39(50)57-29)59-32-21-42(10,53-14)37(49)27(8)56-32)60-40-35(28(44(12)13)19-23(4)55-40)58-31(46)18-17-30(45)54-16-2;23-18(27)13-6-8-25(9-7-13)10-14-11-35-21-15(20(29)26(21)16(14)22(30)31)24-19(28)17(36(32,33)34)12-4-2-1-3-5-12/h22-29,32,34-38,40,48-49,51-52H,15-21H2,1-14H3;1-9,15,17,21H,10-11H2,(H4-,23,24,27,28,30,31,32,33,34)/t22-,23-,24+,25+,26-,27+,28+,29-,32+,34+,35-,36-,37+,38-,40+,41-,42-,43-;15-,17?,21-/m11/s1. The summed E-state index contributed by atoms with van der Waals surface area (Å²) in [6, 6.07) is 8.58. The highest BCUT2D eigenvalue weighted by molar-refractivity contribution is 8.00. The van der Waals surface area contributed by atoms with Gasteiger partial charge in [0.1, 0.15) is 35.0 Å². The molecular formula is C65H95N5O24S2. The SMILES string of the molecule is CCOC(=O)CCC(=O)O[C@H]1[C@H](O[C@@H]2[C@@H](C)[C@H](O[C@H]3C[C@@](C)(OC)[C@@H](O)[C@H](C)O3)[C@@H](C)C(=O)O[C@H](CC)[C@@](C)(O)[C@H](O)[C@@H](C)C(=O)[C@H](C)C[C@@]2(C)O)O[C@H](C)C[C@@H]1N(C)C.NC(=O)c1cc[n+](CC2=C(C(=O)[O-])N3C(=O)[C@@H](NC(=O)C(c4ccccc4)S(=O)(=O)O)[C@H]3SC2)cc1. The number of aromatic nitrogens is 1. The number of methoxy groups -OCH3 is 1. The molecule has 2 aromatic rings. The summed E-state index contributed by atoms with van der Waals surface area (Å²) in [6.07, 6.45) is -8.05. The molecule has 7 rings (SSSR count). The predicted molar refractivity (Wildman–Crippen MR) is 339 cm³/mol. The average molecular weight is 1390 g/mol. The number of carboxylic acids is 1. The van der Waals surface area contributed by atoms with Crippen LogP contribution in [0.25, 0.3) is 0 Å². The molecule has 29 nitrogen and oxygen atoms in total. The first-order valence-electron chi connectivity index (χ1n) is 32.0. The van der Waals surface area contributed by atoms with E-state index in [2.05, 4.69) is 5.32 Å². The van der Waals surface area contributed by atoms with Crippen molar-refractivity contribution in [3.05, 3.63) is 77.3 Å². The van der Waals surface area contributed by atoms with Crippen LogP contribution in [0, 0.1) is 23.7 Å². The lowest BCUT2D eigenvalue weighted by Crippen LogP contribution is -2.71. The van der Waals surface area contributed by atoms with Crippen LogP contribution in [-0.4, -0.2) is 220 Å². The molecule has 6 heterocycles. The number of nitrogens with two attached hydrogens (primary N) is 1. The van der Waals surface area contributed by atoms with Gasteiger partial charge in [-0.15, -0.1) is 11.8 Å². The number of carbonyl (C=O) groups excluding carboxylic acids is 8. The molecule has 1 unspecified atom stereocenters. The number of carboxylic acid groups (broad SMARTS) is 1. The lowest BCUT2D eigenvalue weighted by Gasteiger charge is -2.50. The van der Waals surface area contributed by atoms with Crippen molar-refractivity contribution in [2.45, 2.75) is 222 Å². The van der Waals surface area contributed by atoms with Crippen LogP contribution in [0.1, 0.15) is 136 Å². The zero-order chi connectivity index (χ0) is 71.9. The zero-order valence-corrected chi connectivity index (χ0v) is 58.3. The third-order valence-electron chi connectivity index (χ3n) is 18.6. The molecule has 4 fully saturated rings. The minimum absolute atomic E-state index is 0.00871. The Labute approximate surface area is 563 Å². The number of primary amides is 1. The summed E-state index contributed by atoms with van der Waals surface area (Å²) in [5, 5.41) is 58.3. The van der Waals surface area contributed by atoms with Gasteiger partial charge in [-0.3, -0.25) is 43.0 Å². The van der Waals surface area contributed by atoms with Crippen molar-refractivity contribution in [1.29, 1.82) is 0 Å². The second-order valence-electron chi connectivity index (χ2n) is 26.3. The van der Waals surface area contributed by atoms with Crippen LogP contribution in [-0.2, 0) is 88.1 Å². The normalized spacial score (nSPS) is 35.0. The van der Waals surface area contributed by atoms with Crippen LogP contribution in [0.3, 0.4) is 0 Å². The van der Waals surface area contributed by atoms with Gasteiger partial charge in [0.2, 0.25) is 11.8 Å². The lowest BCUT2D eigenvalue weighted by molar-refractivity contribution is -0.689. The number of aliphatic carboxylic acids is 1. The Kier molecular flexibility index (Phi) is 26.9. The van der Waals surface area contributed by atoms with E-state index in [0.29, 0.717) is 12.0 Å². The molecule has 4 saturated heterocycles. The van der Waals surface area contributed by atoms with E-state index in [9.17, 15) is 76.9 Å². The molecule has 3 amide bonds. The van der Waals surface area contributed by atoms with E-state index >= 15 is 0 Å². The molecule has 96 heavy (non-hydrogen) atoms. The number of β-lactam (4-membered cyclic amide) rings is 1. The number of hydrogen-bond donors (Lipinski definition) is 7. The monoisotopic (exact) mass is 1390 g/mol. The smallest absolute Gasteiger partial charge is 0.311 e. The van der Waals surface area contributed by atoms with Crippen molar-refractivity contribution in [1.82, 2.24) is 15.1 Å². The quantitative estimate of drug-likeness (QED) is 0.0317. The van der Waals surface area contributed by atoms with Crippen LogP contribution < -0.4 is 20.7 Å². The Balaban J connectivity index is 0.000000342. The summed E-state index contributed by atoms with van der Waals surface area (Å²) < 4.78 is 83.8. The molecule has 8 N–H and O–H groups in total. The Morgan fingerprint density at radius 1 is 0.885 bits per heavy atom. The number of nitrogens with one attached hydrogen (secondary N) is 1. The van der Waals surface area contributed by atoms with Gasteiger partial charge >= 0.3 is 17.9 Å². The van der Waals surface area contributed by atoms with Crippen molar-refractivity contribution in [3.8, 4) is 0 Å². The fraction of sp³-hybridized carbons (Fsp3) is 0.677. The third-order valence-corrected chi connectivity index (χ3v) is 21.0. The van der Waals surface area contributed by atoms with Crippen LogP contribution in [0.5, 0.6) is 0 Å². The van der Waals surface area contributed by atoms with Gasteiger partial charge in [-0.05, 0) is 87.4 Å². The van der Waals surface area contributed by atoms with E-state index in [4.69, 9.17) is 43.6 Å². The lowest BCUT2D eigenvalue weighted by atomic mass is 9.74. The van der Waals surface area contributed by atoms with Crippen LogP contribution >= 0.6 is 11.8 Å². The molecule has 5 aliphatic rings. The Hall–Kier alpha value is -6.07. The molecular weight excluding hydrogens is 1300 g/mol. The minimum atomic E-state index is -4.86. The number of rotatable bonds is 20. The summed E-state index contributed by atoms with van der Waals surface area (Å²) in [4.78, 5) is 105. The summed E-state index contributed by atoms with van der Waals surface area (Å²) >= 11 is 1.18. The number of cyclic esters (lactones) is 1.